The molecule has 0 amide bonds. The molecule has 164 valence electrons. The molecular weight excluding hydrogens is 388 g/mol. The van der Waals surface area contributed by atoms with Gasteiger partial charge in [0.1, 0.15) is 54.9 Å². The van der Waals surface area contributed by atoms with Crippen LogP contribution in [0.3, 0.4) is 0 Å². The molecule has 13 nitrogen and oxygen atoms in total. The van der Waals surface area contributed by atoms with E-state index >= 15 is 0 Å². The van der Waals surface area contributed by atoms with Crippen molar-refractivity contribution in [3.8, 4) is 0 Å². The molecule has 3 rings (SSSR count). The van der Waals surface area contributed by atoms with Gasteiger partial charge in [0, 0.05) is 0 Å². The van der Waals surface area contributed by atoms with Crippen LogP contribution in [0.1, 0.15) is 0 Å². The fraction of sp³-hybridized carbons (Fsp3) is 1.00. The zero-order chi connectivity index (χ0) is 20.6. The third-order valence-electron chi connectivity index (χ3n) is 4.92. The first-order chi connectivity index (χ1) is 13.2. The van der Waals surface area contributed by atoms with Gasteiger partial charge < -0.3 is 64.5 Å². The predicted octanol–water partition coefficient (Wildman–Crippen LogP) is -5.66. The summed E-state index contributed by atoms with van der Waals surface area (Å²) in [7, 11) is 0. The normalized spacial score (nSPS) is 53.1. The second-order valence-corrected chi connectivity index (χ2v) is 6.99. The molecule has 0 radical (unpaired) electrons. The topological polar surface area (TPSA) is 208 Å². The number of hydrogen-bond donors (Lipinski definition) is 8. The largest absolute Gasteiger partial charge is 0.388 e. The quantitative estimate of drug-likeness (QED) is 0.216. The van der Waals surface area contributed by atoms with Crippen LogP contribution >= 0.6 is 0 Å². The lowest BCUT2D eigenvalue weighted by Gasteiger charge is -2.44. The van der Waals surface area contributed by atoms with Gasteiger partial charge in [-0.25, -0.2) is 0 Å². The van der Waals surface area contributed by atoms with E-state index in [4.69, 9.17) is 23.7 Å². The van der Waals surface area contributed by atoms with Crippen LogP contribution in [-0.4, -0.2) is 134 Å². The van der Waals surface area contributed by atoms with E-state index in [1.54, 1.807) is 0 Å². The van der Waals surface area contributed by atoms with Crippen molar-refractivity contribution < 1.29 is 64.5 Å². The number of hydrogen-bond acceptors (Lipinski definition) is 13. The van der Waals surface area contributed by atoms with E-state index in [1.807, 2.05) is 0 Å². The molecule has 0 unspecified atom stereocenters. The van der Waals surface area contributed by atoms with Crippen LogP contribution in [-0.2, 0) is 23.7 Å². The van der Waals surface area contributed by atoms with Crippen LogP contribution < -0.4 is 0 Å². The first kappa shape index (κ1) is 22.2. The van der Waals surface area contributed by atoms with Gasteiger partial charge in [0.25, 0.3) is 0 Å². The van der Waals surface area contributed by atoms with E-state index < -0.39 is 73.8 Å². The van der Waals surface area contributed by atoms with Gasteiger partial charge in [-0.15, -0.1) is 0 Å². The maximum Gasteiger partial charge on any atom is 0.187 e. The summed E-state index contributed by atoms with van der Waals surface area (Å²) < 4.78 is 26.1. The van der Waals surface area contributed by atoms with Crippen molar-refractivity contribution in [3.05, 3.63) is 0 Å². The second kappa shape index (κ2) is 9.09. The van der Waals surface area contributed by atoms with E-state index in [0.717, 1.165) is 0 Å². The molecule has 3 aliphatic rings. The van der Waals surface area contributed by atoms with E-state index in [9.17, 15) is 40.9 Å². The Hall–Kier alpha value is -0.520. The number of ether oxygens (including phenoxy) is 5. The molecule has 0 aromatic carbocycles. The molecule has 3 saturated heterocycles. The minimum Gasteiger partial charge on any atom is -0.388 e. The Balaban J connectivity index is 1.72. The summed E-state index contributed by atoms with van der Waals surface area (Å²) in [5, 5.41) is 78.9. The molecule has 12 atom stereocenters. The second-order valence-electron chi connectivity index (χ2n) is 6.99. The zero-order valence-electron chi connectivity index (χ0n) is 14.7. The Bertz CT molecular complexity index is 508. The predicted molar refractivity (Wildman–Crippen MR) is 83.2 cm³/mol. The van der Waals surface area contributed by atoms with Crippen molar-refractivity contribution in [2.45, 2.75) is 73.8 Å². The van der Waals surface area contributed by atoms with E-state index in [0.29, 0.717) is 0 Å². The molecule has 28 heavy (non-hydrogen) atoms. The van der Waals surface area contributed by atoms with E-state index in [1.165, 1.54) is 0 Å². The van der Waals surface area contributed by atoms with Crippen LogP contribution in [0, 0.1) is 0 Å². The van der Waals surface area contributed by atoms with Crippen LogP contribution in [0.2, 0.25) is 0 Å². The van der Waals surface area contributed by atoms with Crippen molar-refractivity contribution in [1.82, 2.24) is 0 Å². The lowest BCUT2D eigenvalue weighted by atomic mass is 10.0. The zero-order valence-corrected chi connectivity index (χ0v) is 14.7. The Kier molecular flexibility index (Phi) is 7.20. The van der Waals surface area contributed by atoms with Gasteiger partial charge in [0.15, 0.2) is 18.9 Å². The average molecular weight is 414 g/mol. The lowest BCUT2D eigenvalue weighted by Crippen LogP contribution is -2.62. The third-order valence-corrected chi connectivity index (χ3v) is 4.92. The Morgan fingerprint density at radius 1 is 0.500 bits per heavy atom. The molecular formula is C15H26O13. The molecule has 8 N–H and O–H groups in total. The van der Waals surface area contributed by atoms with Crippen molar-refractivity contribution in [3.63, 3.8) is 0 Å². The molecule has 0 saturated carbocycles. The highest BCUT2D eigenvalue weighted by atomic mass is 16.8. The summed E-state index contributed by atoms with van der Waals surface area (Å²) in [5.74, 6) is 0. The number of rotatable bonds is 4. The molecule has 0 bridgehead atoms. The SMILES string of the molecule is O[C@@H]1[C@@H](O)[C@@H](O[C@H]2[C@@H](O[C@@H]3[C@@H](O)[C@@H](O)CO[C@@H]3O)OC[C@H](O)[C@@H]2O)OC[C@@H]1O. The van der Waals surface area contributed by atoms with Crippen molar-refractivity contribution >= 4 is 0 Å². The first-order valence-electron chi connectivity index (χ1n) is 8.81. The summed E-state index contributed by atoms with van der Waals surface area (Å²) in [5.41, 5.74) is 0. The monoisotopic (exact) mass is 414 g/mol. The van der Waals surface area contributed by atoms with E-state index in [2.05, 4.69) is 0 Å². The molecule has 13 heteroatoms. The first-order valence-corrected chi connectivity index (χ1v) is 8.81. The Labute approximate surface area is 159 Å². The van der Waals surface area contributed by atoms with Crippen molar-refractivity contribution in [1.29, 1.82) is 0 Å². The third kappa shape index (κ3) is 4.46. The fourth-order valence-electron chi connectivity index (χ4n) is 3.16. The van der Waals surface area contributed by atoms with Gasteiger partial charge in [-0.05, 0) is 0 Å². The van der Waals surface area contributed by atoms with Gasteiger partial charge in [0.2, 0.25) is 0 Å². The molecule has 0 aromatic heterocycles. The molecule has 3 heterocycles. The van der Waals surface area contributed by atoms with Crippen LogP contribution in [0.15, 0.2) is 0 Å². The highest BCUT2D eigenvalue weighted by molar-refractivity contribution is 4.90. The smallest absolute Gasteiger partial charge is 0.187 e. The lowest BCUT2D eigenvalue weighted by molar-refractivity contribution is -0.368. The van der Waals surface area contributed by atoms with Gasteiger partial charge in [-0.3, -0.25) is 0 Å². The maximum atomic E-state index is 10.3. The average Bonchev–Trinajstić information content (AvgIpc) is 2.67. The minimum atomic E-state index is -1.67. The van der Waals surface area contributed by atoms with Crippen LogP contribution in [0.5, 0.6) is 0 Å². The Morgan fingerprint density at radius 3 is 1.61 bits per heavy atom. The molecule has 0 spiro atoms. The number of aliphatic hydroxyl groups is 8. The van der Waals surface area contributed by atoms with Crippen LogP contribution in [0.25, 0.3) is 0 Å². The molecule has 0 aromatic rings. The van der Waals surface area contributed by atoms with Crippen LogP contribution in [0.4, 0.5) is 0 Å². The summed E-state index contributed by atoms with van der Waals surface area (Å²) in [4.78, 5) is 0. The van der Waals surface area contributed by atoms with Crippen molar-refractivity contribution in [2.75, 3.05) is 19.8 Å². The molecule has 3 fully saturated rings. The van der Waals surface area contributed by atoms with E-state index in [-0.39, 0.29) is 19.8 Å². The minimum absolute atomic E-state index is 0.322. The summed E-state index contributed by atoms with van der Waals surface area (Å²) in [6.07, 6.45) is -18.0. The standard InChI is InChI=1S/C15H26O13/c16-4-2-25-14(10(22)7(4)19)28-12-9(21)6(18)3-26-15(12)27-11-8(20)5(17)1-24-13(11)23/h4-23H,1-3H2/t4-,5-,6-,7-,8-,9-,10+,11+,12+,13-,14+,15+/m0/s1. The van der Waals surface area contributed by atoms with Gasteiger partial charge >= 0.3 is 0 Å². The van der Waals surface area contributed by atoms with Crippen molar-refractivity contribution in [2.24, 2.45) is 0 Å². The highest BCUT2D eigenvalue weighted by Crippen LogP contribution is 2.28. The molecule has 0 aliphatic carbocycles. The summed E-state index contributed by atoms with van der Waals surface area (Å²) in [6, 6.07) is 0. The molecule has 3 aliphatic heterocycles. The van der Waals surface area contributed by atoms with Gasteiger partial charge in [-0.1, -0.05) is 0 Å². The summed E-state index contributed by atoms with van der Waals surface area (Å²) in [6.45, 7) is -1.05. The van der Waals surface area contributed by atoms with Gasteiger partial charge in [0.05, 0.1) is 19.8 Å². The fourth-order valence-corrected chi connectivity index (χ4v) is 3.16. The Morgan fingerprint density at radius 2 is 0.964 bits per heavy atom. The maximum absolute atomic E-state index is 10.3. The summed E-state index contributed by atoms with van der Waals surface area (Å²) >= 11 is 0. The van der Waals surface area contributed by atoms with Gasteiger partial charge in [-0.2, -0.15) is 0 Å². The highest BCUT2D eigenvalue weighted by Gasteiger charge is 2.49. The number of aliphatic hydroxyl groups excluding tert-OH is 8.